The van der Waals surface area contributed by atoms with Crippen molar-refractivity contribution in [2.24, 2.45) is 0 Å². The van der Waals surface area contributed by atoms with Crippen LogP contribution < -0.4 is 5.32 Å². The Morgan fingerprint density at radius 2 is 0.900 bits per heavy atom. The molecule has 0 radical (unpaired) electrons. The van der Waals surface area contributed by atoms with Gasteiger partial charge in [0.1, 0.15) is 0 Å². The Hall–Kier alpha value is -2.62. The number of nitro groups is 1. The average Bonchev–Trinajstić information content (AvgIpc) is 2.97. The number of nitro benzene ring substituents is 1. The van der Waals surface area contributed by atoms with E-state index in [4.69, 9.17) is 0 Å². The first kappa shape index (κ1) is 33.6. The number of nitrogens with one attached hydrogen (secondary N) is 1. The van der Waals surface area contributed by atoms with Gasteiger partial charge in [-0.15, -0.1) is 0 Å². The first-order valence-electron chi connectivity index (χ1n) is 16.5. The highest BCUT2D eigenvalue weighted by Crippen LogP contribution is 2.17. The maximum Gasteiger partial charge on any atom is 0.269 e. The van der Waals surface area contributed by atoms with Crippen LogP contribution in [0.4, 0.5) is 11.4 Å². The molecule has 0 aliphatic carbocycles. The second-order valence-electron chi connectivity index (χ2n) is 11.4. The number of nitrogens with zero attached hydrogens (tertiary/aromatic N) is 1. The maximum absolute atomic E-state index is 10.8. The van der Waals surface area contributed by atoms with E-state index in [0.717, 1.165) is 23.4 Å². The summed E-state index contributed by atoms with van der Waals surface area (Å²) in [6, 6.07) is 15.0. The molecular formula is C36H56N2O2. The minimum absolute atomic E-state index is 0.118. The van der Waals surface area contributed by atoms with Gasteiger partial charge < -0.3 is 5.32 Å². The van der Waals surface area contributed by atoms with E-state index in [1.165, 1.54) is 141 Å². The fourth-order valence-electron chi connectivity index (χ4n) is 5.22. The molecule has 0 saturated heterocycles. The Kier molecular flexibility index (Phi) is 19.4. The van der Waals surface area contributed by atoms with Crippen LogP contribution in [0.5, 0.6) is 0 Å². The lowest BCUT2D eigenvalue weighted by Gasteiger charge is -2.07. The van der Waals surface area contributed by atoms with Gasteiger partial charge in [0, 0.05) is 24.4 Å². The molecular weight excluding hydrogens is 492 g/mol. The average molecular weight is 549 g/mol. The monoisotopic (exact) mass is 548 g/mol. The van der Waals surface area contributed by atoms with Gasteiger partial charge in [0.05, 0.1) is 4.92 Å². The fourth-order valence-corrected chi connectivity index (χ4v) is 5.22. The zero-order valence-corrected chi connectivity index (χ0v) is 25.4. The molecule has 0 aliphatic heterocycles. The van der Waals surface area contributed by atoms with Crippen LogP contribution in [0.25, 0.3) is 12.2 Å². The molecule has 4 nitrogen and oxygen atoms in total. The molecule has 0 bridgehead atoms. The molecule has 0 atom stereocenters. The summed E-state index contributed by atoms with van der Waals surface area (Å²) in [4.78, 5) is 10.4. The van der Waals surface area contributed by atoms with E-state index >= 15 is 0 Å². The van der Waals surface area contributed by atoms with Gasteiger partial charge in [-0.25, -0.2) is 0 Å². The van der Waals surface area contributed by atoms with Crippen molar-refractivity contribution < 1.29 is 4.92 Å². The van der Waals surface area contributed by atoms with E-state index in [0.29, 0.717) is 0 Å². The van der Waals surface area contributed by atoms with Gasteiger partial charge >= 0.3 is 0 Å². The second-order valence-corrected chi connectivity index (χ2v) is 11.4. The Morgan fingerprint density at radius 3 is 1.27 bits per heavy atom. The normalized spacial score (nSPS) is 11.3. The van der Waals surface area contributed by atoms with Gasteiger partial charge in [-0.2, -0.15) is 0 Å². The largest absolute Gasteiger partial charge is 0.385 e. The number of rotatable bonds is 25. The van der Waals surface area contributed by atoms with Crippen LogP contribution in [0, 0.1) is 10.1 Å². The molecule has 1 N–H and O–H groups in total. The van der Waals surface area contributed by atoms with E-state index in [1.807, 2.05) is 12.2 Å². The summed E-state index contributed by atoms with van der Waals surface area (Å²) in [5, 5.41) is 14.3. The lowest BCUT2D eigenvalue weighted by molar-refractivity contribution is -0.384. The molecule has 0 saturated carbocycles. The van der Waals surface area contributed by atoms with Crippen LogP contribution in [0.3, 0.4) is 0 Å². The third kappa shape index (κ3) is 17.2. The van der Waals surface area contributed by atoms with E-state index in [2.05, 4.69) is 36.5 Å². The van der Waals surface area contributed by atoms with Gasteiger partial charge in [-0.1, -0.05) is 153 Å². The number of hydrogen-bond donors (Lipinski definition) is 1. The van der Waals surface area contributed by atoms with Crippen molar-refractivity contribution in [3.63, 3.8) is 0 Å². The number of hydrogen-bond acceptors (Lipinski definition) is 3. The fraction of sp³-hybridized carbons (Fsp3) is 0.611. The highest BCUT2D eigenvalue weighted by Gasteiger charge is 2.02. The zero-order valence-electron chi connectivity index (χ0n) is 25.4. The minimum Gasteiger partial charge on any atom is -0.385 e. The molecule has 4 heteroatoms. The summed E-state index contributed by atoms with van der Waals surface area (Å²) in [6.07, 6.45) is 32.3. The summed E-state index contributed by atoms with van der Waals surface area (Å²) in [5.41, 5.74) is 3.34. The summed E-state index contributed by atoms with van der Waals surface area (Å²) in [5.74, 6) is 0. The quantitative estimate of drug-likeness (QED) is 0.0581. The molecule has 2 aromatic carbocycles. The Morgan fingerprint density at radius 1 is 0.550 bits per heavy atom. The van der Waals surface area contributed by atoms with Gasteiger partial charge in [0.25, 0.3) is 5.69 Å². The standard InChI is InChI=1S/C36H56N2O2/c1-2-3-4-5-6-7-8-9-10-11-12-13-14-15-16-17-18-19-20-21-32-37-35-28-24-33(25-29-35)22-23-34-26-30-36(31-27-34)38(39)40/h22-31,37H,2-21,32H2,1H3. The molecule has 0 aliphatic rings. The highest BCUT2D eigenvalue weighted by atomic mass is 16.6. The SMILES string of the molecule is CCCCCCCCCCCCCCCCCCCCCCNc1ccc(C=Cc2ccc([N+](=O)[O-])cc2)cc1. The van der Waals surface area contributed by atoms with Crippen LogP contribution in [0.15, 0.2) is 48.5 Å². The summed E-state index contributed by atoms with van der Waals surface area (Å²) >= 11 is 0. The maximum atomic E-state index is 10.8. The van der Waals surface area contributed by atoms with Crippen LogP contribution in [0.1, 0.15) is 146 Å². The predicted octanol–water partition coefficient (Wildman–Crippen LogP) is 12.0. The van der Waals surface area contributed by atoms with Gasteiger partial charge in [-0.05, 0) is 41.8 Å². The smallest absolute Gasteiger partial charge is 0.269 e. The van der Waals surface area contributed by atoms with Crippen LogP contribution in [-0.4, -0.2) is 11.5 Å². The van der Waals surface area contributed by atoms with E-state index < -0.39 is 0 Å². The third-order valence-electron chi connectivity index (χ3n) is 7.84. The lowest BCUT2D eigenvalue weighted by atomic mass is 10.0. The van der Waals surface area contributed by atoms with Gasteiger partial charge in [-0.3, -0.25) is 10.1 Å². The van der Waals surface area contributed by atoms with Crippen molar-refractivity contribution in [2.75, 3.05) is 11.9 Å². The van der Waals surface area contributed by atoms with Crippen molar-refractivity contribution in [3.8, 4) is 0 Å². The topological polar surface area (TPSA) is 55.2 Å². The summed E-state index contributed by atoms with van der Waals surface area (Å²) in [7, 11) is 0. The van der Waals surface area contributed by atoms with Gasteiger partial charge in [0.15, 0.2) is 0 Å². The third-order valence-corrected chi connectivity index (χ3v) is 7.84. The van der Waals surface area contributed by atoms with Crippen LogP contribution >= 0.6 is 0 Å². The molecule has 0 heterocycles. The van der Waals surface area contributed by atoms with Gasteiger partial charge in [0.2, 0.25) is 0 Å². The van der Waals surface area contributed by atoms with Crippen molar-refractivity contribution in [1.82, 2.24) is 0 Å². The summed E-state index contributed by atoms with van der Waals surface area (Å²) < 4.78 is 0. The molecule has 2 aromatic rings. The minimum atomic E-state index is -0.374. The molecule has 0 amide bonds. The molecule has 222 valence electrons. The van der Waals surface area contributed by atoms with E-state index in [9.17, 15) is 10.1 Å². The molecule has 2 rings (SSSR count). The van der Waals surface area contributed by atoms with Crippen LogP contribution in [0.2, 0.25) is 0 Å². The lowest BCUT2D eigenvalue weighted by Crippen LogP contribution is -2.01. The van der Waals surface area contributed by atoms with Crippen molar-refractivity contribution in [2.45, 2.75) is 135 Å². The Bertz CT molecular complexity index is 905. The molecule has 0 fully saturated rings. The molecule has 40 heavy (non-hydrogen) atoms. The molecule has 0 aromatic heterocycles. The molecule has 0 spiro atoms. The zero-order chi connectivity index (χ0) is 28.5. The van der Waals surface area contributed by atoms with E-state index in [-0.39, 0.29) is 10.6 Å². The van der Waals surface area contributed by atoms with Crippen molar-refractivity contribution in [3.05, 3.63) is 69.8 Å². The van der Waals surface area contributed by atoms with Crippen molar-refractivity contribution in [1.29, 1.82) is 0 Å². The van der Waals surface area contributed by atoms with E-state index in [1.54, 1.807) is 12.1 Å². The first-order chi connectivity index (χ1) is 19.7. The van der Waals surface area contributed by atoms with Crippen LogP contribution in [-0.2, 0) is 0 Å². The Labute approximate surface area is 245 Å². The van der Waals surface area contributed by atoms with Crippen molar-refractivity contribution >= 4 is 23.5 Å². The molecule has 0 unspecified atom stereocenters. The number of unbranched alkanes of at least 4 members (excludes halogenated alkanes) is 19. The number of non-ortho nitro benzene ring substituents is 1. The highest BCUT2D eigenvalue weighted by molar-refractivity contribution is 5.70. The summed E-state index contributed by atoms with van der Waals surface area (Å²) in [6.45, 7) is 3.32. The first-order valence-corrected chi connectivity index (χ1v) is 16.5. The number of anilines is 1. The second kappa shape index (κ2) is 23.1. The number of benzene rings is 2. The predicted molar refractivity (Wildman–Crippen MR) is 175 cm³/mol. The Balaban J connectivity index is 1.35.